The first kappa shape index (κ1) is 8.01. The smallest absolute Gasteiger partial charge is 0.0268 e. The van der Waals surface area contributed by atoms with Crippen LogP contribution < -0.4 is 11.1 Å². The molecule has 0 unspecified atom stereocenters. The molecule has 2 heteroatoms. The van der Waals surface area contributed by atoms with Crippen molar-refractivity contribution in [1.29, 1.82) is 0 Å². The Hall–Kier alpha value is -0.340. The summed E-state index contributed by atoms with van der Waals surface area (Å²) >= 11 is 0. The number of rotatable bonds is 1. The molecule has 13 heavy (non-hydrogen) atoms. The lowest BCUT2D eigenvalue weighted by Crippen LogP contribution is -2.39. The minimum absolute atomic E-state index is 0.315. The van der Waals surface area contributed by atoms with Crippen molar-refractivity contribution >= 4 is 0 Å². The average Bonchev–Trinajstić information content (AvgIpc) is 2.83. The predicted octanol–water partition coefficient (Wildman–Crippen LogP) is 0.745. The van der Waals surface area contributed by atoms with E-state index in [1.54, 1.807) is 0 Å². The Morgan fingerprint density at radius 3 is 2.62 bits per heavy atom. The van der Waals surface area contributed by atoms with Crippen molar-refractivity contribution in [3.05, 3.63) is 12.2 Å². The highest BCUT2D eigenvalue weighted by molar-refractivity contribution is 5.13. The predicted molar refractivity (Wildman–Crippen MR) is 53.2 cm³/mol. The van der Waals surface area contributed by atoms with Crippen LogP contribution >= 0.6 is 0 Å². The molecular weight excluding hydrogens is 160 g/mol. The van der Waals surface area contributed by atoms with Crippen LogP contribution in [0.3, 0.4) is 0 Å². The summed E-state index contributed by atoms with van der Waals surface area (Å²) in [5, 5.41) is 3.49. The van der Waals surface area contributed by atoms with E-state index >= 15 is 0 Å². The zero-order valence-electron chi connectivity index (χ0n) is 7.95. The third-order valence-corrected chi connectivity index (χ3v) is 4.02. The summed E-state index contributed by atoms with van der Waals surface area (Å²) in [5.41, 5.74) is 6.08. The summed E-state index contributed by atoms with van der Waals surface area (Å²) < 4.78 is 0. The van der Waals surface area contributed by atoms with Crippen LogP contribution in [0.1, 0.15) is 12.8 Å². The highest BCUT2D eigenvalue weighted by Crippen LogP contribution is 2.46. The van der Waals surface area contributed by atoms with Crippen LogP contribution in [0.25, 0.3) is 0 Å². The number of fused-ring (bicyclic) bond motifs is 1. The minimum atomic E-state index is 0.315. The van der Waals surface area contributed by atoms with Gasteiger partial charge in [-0.05, 0) is 43.1 Å². The molecule has 0 amide bonds. The summed E-state index contributed by atoms with van der Waals surface area (Å²) in [6, 6.07) is 0.315. The topological polar surface area (TPSA) is 38.0 Å². The van der Waals surface area contributed by atoms with E-state index in [9.17, 15) is 0 Å². The Morgan fingerprint density at radius 2 is 1.85 bits per heavy atom. The molecule has 3 aliphatic rings. The molecule has 0 spiro atoms. The third kappa shape index (κ3) is 1.24. The second-order valence-corrected chi connectivity index (χ2v) is 4.86. The van der Waals surface area contributed by atoms with Crippen LogP contribution in [0.15, 0.2) is 12.2 Å². The lowest BCUT2D eigenvalue weighted by atomic mass is 9.74. The molecular formula is C11H18N2. The van der Waals surface area contributed by atoms with Gasteiger partial charge in [-0.15, -0.1) is 0 Å². The second-order valence-electron chi connectivity index (χ2n) is 4.86. The summed E-state index contributed by atoms with van der Waals surface area (Å²) in [7, 11) is 0. The lowest BCUT2D eigenvalue weighted by molar-refractivity contribution is 0.266. The van der Waals surface area contributed by atoms with Gasteiger partial charge in [-0.1, -0.05) is 12.2 Å². The highest BCUT2D eigenvalue weighted by atomic mass is 14.9. The Labute approximate surface area is 79.6 Å². The van der Waals surface area contributed by atoms with Crippen LogP contribution in [0, 0.1) is 23.7 Å². The van der Waals surface area contributed by atoms with E-state index < -0.39 is 0 Å². The molecule has 0 bridgehead atoms. The van der Waals surface area contributed by atoms with Gasteiger partial charge in [0, 0.05) is 12.6 Å². The monoisotopic (exact) mass is 178 g/mol. The largest absolute Gasteiger partial charge is 0.324 e. The van der Waals surface area contributed by atoms with Crippen LogP contribution in [-0.2, 0) is 0 Å². The standard InChI is InChI=1S/C11H18N2/c12-11-4-3-8(7-1-2-7)9-5-13-6-10(9)11/h3-4,7-11,13H,1-2,5-6,12H2/t8-,9+,10+,11-/m1/s1. The molecule has 4 atom stereocenters. The molecule has 2 fully saturated rings. The first-order valence-corrected chi connectivity index (χ1v) is 5.51. The van der Waals surface area contributed by atoms with Crippen molar-refractivity contribution in [3.63, 3.8) is 0 Å². The average molecular weight is 178 g/mol. The van der Waals surface area contributed by atoms with Crippen LogP contribution in [0.2, 0.25) is 0 Å². The maximum Gasteiger partial charge on any atom is 0.0268 e. The Bertz CT molecular complexity index is 232. The zero-order chi connectivity index (χ0) is 8.84. The molecule has 1 saturated heterocycles. The molecule has 1 aliphatic heterocycles. The van der Waals surface area contributed by atoms with Crippen molar-refractivity contribution in [3.8, 4) is 0 Å². The molecule has 72 valence electrons. The van der Waals surface area contributed by atoms with Gasteiger partial charge >= 0.3 is 0 Å². The fraction of sp³-hybridized carbons (Fsp3) is 0.818. The second kappa shape index (κ2) is 2.82. The van der Waals surface area contributed by atoms with Gasteiger partial charge in [-0.25, -0.2) is 0 Å². The van der Waals surface area contributed by atoms with Crippen molar-refractivity contribution in [2.45, 2.75) is 18.9 Å². The molecule has 2 nitrogen and oxygen atoms in total. The van der Waals surface area contributed by atoms with Gasteiger partial charge < -0.3 is 11.1 Å². The molecule has 1 heterocycles. The van der Waals surface area contributed by atoms with Crippen LogP contribution in [-0.4, -0.2) is 19.1 Å². The van der Waals surface area contributed by atoms with Gasteiger partial charge in [0.15, 0.2) is 0 Å². The van der Waals surface area contributed by atoms with Gasteiger partial charge in [0.2, 0.25) is 0 Å². The third-order valence-electron chi connectivity index (χ3n) is 4.02. The van der Waals surface area contributed by atoms with E-state index in [1.807, 2.05) is 0 Å². The van der Waals surface area contributed by atoms with E-state index in [-0.39, 0.29) is 0 Å². The maximum atomic E-state index is 6.08. The van der Waals surface area contributed by atoms with E-state index in [0.29, 0.717) is 6.04 Å². The van der Waals surface area contributed by atoms with Gasteiger partial charge in [0.05, 0.1) is 0 Å². The molecule has 1 saturated carbocycles. The number of allylic oxidation sites excluding steroid dienone is 1. The number of nitrogens with one attached hydrogen (secondary N) is 1. The van der Waals surface area contributed by atoms with E-state index in [1.165, 1.54) is 19.4 Å². The quantitative estimate of drug-likeness (QED) is 0.581. The number of hydrogen-bond acceptors (Lipinski definition) is 2. The normalized spacial score (nSPS) is 49.3. The summed E-state index contributed by atoms with van der Waals surface area (Å²) in [4.78, 5) is 0. The molecule has 3 N–H and O–H groups in total. The number of hydrogen-bond donors (Lipinski definition) is 2. The van der Waals surface area contributed by atoms with Gasteiger partial charge in [0.25, 0.3) is 0 Å². The van der Waals surface area contributed by atoms with Crippen molar-refractivity contribution in [2.75, 3.05) is 13.1 Å². The van der Waals surface area contributed by atoms with Crippen molar-refractivity contribution in [2.24, 2.45) is 29.4 Å². The zero-order valence-corrected chi connectivity index (χ0v) is 7.95. The Kier molecular flexibility index (Phi) is 1.74. The molecule has 2 aliphatic carbocycles. The highest BCUT2D eigenvalue weighted by Gasteiger charge is 2.43. The van der Waals surface area contributed by atoms with Crippen LogP contribution in [0.4, 0.5) is 0 Å². The van der Waals surface area contributed by atoms with Crippen molar-refractivity contribution < 1.29 is 0 Å². The molecule has 0 aromatic heterocycles. The van der Waals surface area contributed by atoms with E-state index in [4.69, 9.17) is 5.73 Å². The summed E-state index contributed by atoms with van der Waals surface area (Å²) in [6.07, 6.45) is 7.55. The molecule has 0 aromatic carbocycles. The van der Waals surface area contributed by atoms with Gasteiger partial charge in [-0.3, -0.25) is 0 Å². The van der Waals surface area contributed by atoms with Crippen molar-refractivity contribution in [1.82, 2.24) is 5.32 Å². The first-order valence-electron chi connectivity index (χ1n) is 5.51. The van der Waals surface area contributed by atoms with Gasteiger partial charge in [0.1, 0.15) is 0 Å². The van der Waals surface area contributed by atoms with E-state index in [0.717, 1.165) is 30.2 Å². The maximum absolute atomic E-state index is 6.08. The fourth-order valence-corrected chi connectivity index (χ4v) is 3.09. The molecule has 0 aromatic rings. The lowest BCUT2D eigenvalue weighted by Gasteiger charge is -2.32. The van der Waals surface area contributed by atoms with E-state index in [2.05, 4.69) is 17.5 Å². The Morgan fingerprint density at radius 1 is 1.08 bits per heavy atom. The summed E-state index contributed by atoms with van der Waals surface area (Å²) in [6.45, 7) is 2.34. The van der Waals surface area contributed by atoms with Gasteiger partial charge in [-0.2, -0.15) is 0 Å². The first-order chi connectivity index (χ1) is 6.36. The Balaban J connectivity index is 1.84. The molecule has 3 rings (SSSR count). The fourth-order valence-electron chi connectivity index (χ4n) is 3.09. The minimum Gasteiger partial charge on any atom is -0.324 e. The summed E-state index contributed by atoms with van der Waals surface area (Å²) in [5.74, 6) is 3.40. The van der Waals surface area contributed by atoms with Crippen LogP contribution in [0.5, 0.6) is 0 Å². The SMILES string of the molecule is N[C@@H]1C=C[C@H](C2CC2)[C@@H]2CNC[C@@H]21. The molecule has 0 radical (unpaired) electrons. The number of nitrogens with two attached hydrogens (primary N) is 1.